The van der Waals surface area contributed by atoms with Gasteiger partial charge in [0.25, 0.3) is 0 Å². The molecule has 1 aromatic heterocycles. The van der Waals surface area contributed by atoms with Crippen molar-refractivity contribution in [2.75, 3.05) is 25.7 Å². The average Bonchev–Trinajstić information content (AvgIpc) is 3.23. The predicted molar refractivity (Wildman–Crippen MR) is 118 cm³/mol. The van der Waals surface area contributed by atoms with Gasteiger partial charge in [-0.25, -0.2) is 4.98 Å². The Hall–Kier alpha value is -2.86. The van der Waals surface area contributed by atoms with Crippen molar-refractivity contribution in [3.8, 4) is 22.8 Å². The van der Waals surface area contributed by atoms with Crippen LogP contribution >= 0.6 is 11.3 Å². The highest BCUT2D eigenvalue weighted by Crippen LogP contribution is 2.30. The Balaban J connectivity index is 1.79. The van der Waals surface area contributed by atoms with Gasteiger partial charge in [-0.05, 0) is 31.0 Å². The van der Waals surface area contributed by atoms with Crippen LogP contribution in [0.1, 0.15) is 24.5 Å². The summed E-state index contributed by atoms with van der Waals surface area (Å²) in [6.45, 7) is 4.50. The smallest absolute Gasteiger partial charge is 0.228 e. The molecule has 0 radical (unpaired) electrons. The molecule has 0 unspecified atom stereocenters. The van der Waals surface area contributed by atoms with Crippen LogP contribution in [0.2, 0.25) is 0 Å². The lowest BCUT2D eigenvalue weighted by atomic mass is 10.1. The van der Waals surface area contributed by atoms with Crippen LogP contribution in [0.4, 0.5) is 5.13 Å². The quantitative estimate of drug-likeness (QED) is 0.517. The zero-order chi connectivity index (χ0) is 20.8. The van der Waals surface area contributed by atoms with Crippen molar-refractivity contribution in [3.63, 3.8) is 0 Å². The first-order valence-electron chi connectivity index (χ1n) is 9.59. The molecule has 0 N–H and O–H groups in total. The van der Waals surface area contributed by atoms with Gasteiger partial charge < -0.3 is 9.47 Å². The highest BCUT2D eigenvalue weighted by molar-refractivity contribution is 7.14. The van der Waals surface area contributed by atoms with Gasteiger partial charge in [0.05, 0.1) is 19.9 Å². The van der Waals surface area contributed by atoms with E-state index >= 15 is 0 Å². The lowest BCUT2D eigenvalue weighted by molar-refractivity contribution is -0.118. The number of rotatable bonds is 8. The number of anilines is 1. The van der Waals surface area contributed by atoms with E-state index in [1.807, 2.05) is 30.5 Å². The summed E-state index contributed by atoms with van der Waals surface area (Å²) in [5.74, 6) is 1.45. The number of amides is 1. The number of carbonyl (C=O) groups is 1. The Kier molecular flexibility index (Phi) is 6.88. The normalized spacial score (nSPS) is 10.6. The van der Waals surface area contributed by atoms with Gasteiger partial charge in [-0.1, -0.05) is 42.8 Å². The van der Waals surface area contributed by atoms with Gasteiger partial charge in [0.1, 0.15) is 0 Å². The minimum Gasteiger partial charge on any atom is -0.493 e. The zero-order valence-electron chi connectivity index (χ0n) is 17.3. The molecule has 1 heterocycles. The summed E-state index contributed by atoms with van der Waals surface area (Å²) >= 11 is 1.50. The third kappa shape index (κ3) is 4.95. The van der Waals surface area contributed by atoms with Gasteiger partial charge >= 0.3 is 0 Å². The monoisotopic (exact) mass is 410 g/mol. The molecular formula is C23H26N2O3S. The number of thiazole rings is 1. The van der Waals surface area contributed by atoms with Gasteiger partial charge in [-0.2, -0.15) is 0 Å². The van der Waals surface area contributed by atoms with Crippen LogP contribution in [0, 0.1) is 6.92 Å². The largest absolute Gasteiger partial charge is 0.493 e. The van der Waals surface area contributed by atoms with Crippen molar-refractivity contribution >= 4 is 22.4 Å². The van der Waals surface area contributed by atoms with E-state index in [-0.39, 0.29) is 5.91 Å². The van der Waals surface area contributed by atoms with Gasteiger partial charge in [0, 0.05) is 23.9 Å². The van der Waals surface area contributed by atoms with Crippen LogP contribution < -0.4 is 14.4 Å². The summed E-state index contributed by atoms with van der Waals surface area (Å²) in [5, 5.41) is 2.74. The fraction of sp³-hybridized carbons (Fsp3) is 0.304. The lowest BCUT2D eigenvalue weighted by Gasteiger charge is -2.19. The summed E-state index contributed by atoms with van der Waals surface area (Å²) in [7, 11) is 3.24. The molecule has 5 nitrogen and oxygen atoms in total. The fourth-order valence-corrected chi connectivity index (χ4v) is 3.92. The van der Waals surface area contributed by atoms with Crippen LogP contribution in [0.3, 0.4) is 0 Å². The minimum atomic E-state index is 0.0651. The topological polar surface area (TPSA) is 51.7 Å². The molecule has 0 aliphatic rings. The SMILES string of the molecule is CCC(=O)N(CCc1ccc(OC)c(OC)c1)c1nc(-c2ccc(C)cc2)cs1. The molecule has 0 atom stereocenters. The Morgan fingerprint density at radius 1 is 1.07 bits per heavy atom. The van der Waals surface area contributed by atoms with E-state index in [9.17, 15) is 4.79 Å². The summed E-state index contributed by atoms with van der Waals surface area (Å²) in [6, 6.07) is 14.1. The van der Waals surface area contributed by atoms with Gasteiger partial charge in [-0.3, -0.25) is 9.69 Å². The minimum absolute atomic E-state index is 0.0651. The molecule has 29 heavy (non-hydrogen) atoms. The highest BCUT2D eigenvalue weighted by Gasteiger charge is 2.18. The number of methoxy groups -OCH3 is 2. The molecular weight excluding hydrogens is 384 g/mol. The molecule has 6 heteroatoms. The van der Waals surface area contributed by atoms with E-state index in [1.165, 1.54) is 16.9 Å². The second kappa shape index (κ2) is 9.56. The first-order valence-corrected chi connectivity index (χ1v) is 10.5. The molecule has 3 rings (SSSR count). The summed E-state index contributed by atoms with van der Waals surface area (Å²) in [6.07, 6.45) is 1.14. The molecule has 2 aromatic carbocycles. The van der Waals surface area contributed by atoms with E-state index in [0.717, 1.165) is 22.0 Å². The van der Waals surface area contributed by atoms with Gasteiger partial charge in [-0.15, -0.1) is 11.3 Å². The molecule has 0 aliphatic carbocycles. The van der Waals surface area contributed by atoms with Crippen LogP contribution in [0.25, 0.3) is 11.3 Å². The molecule has 3 aromatic rings. The predicted octanol–water partition coefficient (Wildman–Crippen LogP) is 5.12. The number of benzene rings is 2. The van der Waals surface area contributed by atoms with Crippen molar-refractivity contribution in [1.82, 2.24) is 4.98 Å². The van der Waals surface area contributed by atoms with E-state index in [1.54, 1.807) is 19.1 Å². The van der Waals surface area contributed by atoms with Crippen molar-refractivity contribution in [1.29, 1.82) is 0 Å². The molecule has 0 aliphatic heterocycles. The number of ether oxygens (including phenoxy) is 2. The van der Waals surface area contributed by atoms with Crippen LogP contribution in [-0.4, -0.2) is 31.7 Å². The highest BCUT2D eigenvalue weighted by atomic mass is 32.1. The Labute approximate surface area is 175 Å². The van der Waals surface area contributed by atoms with Gasteiger partial charge in [0.2, 0.25) is 5.91 Å². The number of carbonyl (C=O) groups excluding carboxylic acids is 1. The summed E-state index contributed by atoms with van der Waals surface area (Å²) in [4.78, 5) is 19.1. The summed E-state index contributed by atoms with van der Waals surface area (Å²) < 4.78 is 10.7. The molecule has 0 saturated heterocycles. The first-order chi connectivity index (χ1) is 14.0. The maximum absolute atomic E-state index is 12.6. The molecule has 0 bridgehead atoms. The third-order valence-corrected chi connectivity index (χ3v) is 5.61. The number of nitrogens with zero attached hydrogens (tertiary/aromatic N) is 2. The van der Waals surface area contributed by atoms with E-state index in [2.05, 4.69) is 31.2 Å². The van der Waals surface area contributed by atoms with Crippen LogP contribution in [0.5, 0.6) is 11.5 Å². The standard InChI is InChI=1S/C23H26N2O3S/c1-5-22(26)25(13-12-17-8-11-20(27-3)21(14-17)28-4)23-24-19(15-29-23)18-9-6-16(2)7-10-18/h6-11,14-15H,5,12-13H2,1-4H3. The summed E-state index contributed by atoms with van der Waals surface area (Å²) in [5.41, 5.74) is 4.24. The number of hydrogen-bond acceptors (Lipinski definition) is 5. The van der Waals surface area contributed by atoms with Crippen LogP contribution in [-0.2, 0) is 11.2 Å². The first kappa shape index (κ1) is 20.9. The Morgan fingerprint density at radius 2 is 1.79 bits per heavy atom. The maximum Gasteiger partial charge on any atom is 0.228 e. The number of aryl methyl sites for hydroxylation is 1. The van der Waals surface area contributed by atoms with Crippen LogP contribution in [0.15, 0.2) is 47.8 Å². The Bertz CT molecular complexity index is 967. The van der Waals surface area contributed by atoms with E-state index in [4.69, 9.17) is 14.5 Å². The van der Waals surface area contributed by atoms with E-state index < -0.39 is 0 Å². The molecule has 0 fully saturated rings. The molecule has 152 valence electrons. The average molecular weight is 411 g/mol. The second-order valence-electron chi connectivity index (χ2n) is 6.72. The molecule has 0 saturated carbocycles. The molecule has 1 amide bonds. The van der Waals surface area contributed by atoms with Gasteiger partial charge in [0.15, 0.2) is 16.6 Å². The zero-order valence-corrected chi connectivity index (χ0v) is 18.1. The maximum atomic E-state index is 12.6. The molecule has 0 spiro atoms. The van der Waals surface area contributed by atoms with Crippen molar-refractivity contribution in [2.24, 2.45) is 0 Å². The third-order valence-electron chi connectivity index (χ3n) is 4.75. The van der Waals surface area contributed by atoms with Crippen molar-refractivity contribution in [3.05, 3.63) is 59.0 Å². The Morgan fingerprint density at radius 3 is 2.45 bits per heavy atom. The fourth-order valence-electron chi connectivity index (χ4n) is 3.04. The van der Waals surface area contributed by atoms with E-state index in [0.29, 0.717) is 30.9 Å². The van der Waals surface area contributed by atoms with Crippen molar-refractivity contribution in [2.45, 2.75) is 26.7 Å². The van der Waals surface area contributed by atoms with Crippen molar-refractivity contribution < 1.29 is 14.3 Å². The lowest BCUT2D eigenvalue weighted by Crippen LogP contribution is -2.32. The second-order valence-corrected chi connectivity index (χ2v) is 7.56. The number of aromatic nitrogens is 1. The number of hydrogen-bond donors (Lipinski definition) is 0.